The van der Waals surface area contributed by atoms with E-state index in [1.165, 1.54) is 6.92 Å². The quantitative estimate of drug-likeness (QED) is 0.213. The predicted octanol–water partition coefficient (Wildman–Crippen LogP) is 2.71. The van der Waals surface area contributed by atoms with Crippen LogP contribution in [0.3, 0.4) is 0 Å². The number of carbonyl (C=O) groups excluding carboxylic acids is 4. The highest BCUT2D eigenvalue weighted by Gasteiger charge is 2.32. The van der Waals surface area contributed by atoms with Gasteiger partial charge in [-0.25, -0.2) is 4.79 Å². The van der Waals surface area contributed by atoms with Crippen molar-refractivity contribution in [2.24, 2.45) is 5.92 Å². The largest absolute Gasteiger partial charge is 0.465 e. The fourth-order valence-corrected chi connectivity index (χ4v) is 2.52. The Labute approximate surface area is 165 Å². The van der Waals surface area contributed by atoms with Gasteiger partial charge in [-0.3, -0.25) is 14.4 Å². The fourth-order valence-electron chi connectivity index (χ4n) is 1.88. The van der Waals surface area contributed by atoms with Crippen LogP contribution in [0.15, 0.2) is 11.6 Å². The molecule has 0 N–H and O–H groups in total. The van der Waals surface area contributed by atoms with Crippen LogP contribution in [0.4, 0.5) is 0 Å². The molecule has 7 nitrogen and oxygen atoms in total. The van der Waals surface area contributed by atoms with E-state index in [-0.39, 0.29) is 18.5 Å². The van der Waals surface area contributed by atoms with Gasteiger partial charge < -0.3 is 14.2 Å². The molecule has 0 saturated carbocycles. The summed E-state index contributed by atoms with van der Waals surface area (Å²) in [5, 5.41) is 0. The van der Waals surface area contributed by atoms with Gasteiger partial charge in [-0.1, -0.05) is 13.0 Å². The molecule has 3 atom stereocenters. The van der Waals surface area contributed by atoms with Gasteiger partial charge in [-0.05, 0) is 34.0 Å². The molecule has 0 aliphatic carbocycles. The Morgan fingerprint density at radius 3 is 2.37 bits per heavy atom. The third kappa shape index (κ3) is 10.2. The summed E-state index contributed by atoms with van der Waals surface area (Å²) in [6, 6.07) is 0. The van der Waals surface area contributed by atoms with Crippen LogP contribution in [0.2, 0.25) is 0 Å². The summed E-state index contributed by atoms with van der Waals surface area (Å²) in [7, 11) is 0. The highest BCUT2D eigenvalue weighted by molar-refractivity contribution is 7.98. The lowest BCUT2D eigenvalue weighted by atomic mass is 10.0. The smallest absolute Gasteiger partial charge is 0.334 e. The van der Waals surface area contributed by atoms with Gasteiger partial charge in [0.25, 0.3) is 0 Å². The van der Waals surface area contributed by atoms with Crippen molar-refractivity contribution in [1.29, 1.82) is 0 Å². The molecule has 0 bridgehead atoms. The molecule has 0 saturated heterocycles. The van der Waals surface area contributed by atoms with Crippen molar-refractivity contribution in [1.82, 2.24) is 0 Å². The van der Waals surface area contributed by atoms with Crippen LogP contribution in [0.5, 0.6) is 0 Å². The molecule has 8 heteroatoms. The first-order valence-electron chi connectivity index (χ1n) is 8.76. The molecular weight excluding hydrogens is 372 g/mol. The van der Waals surface area contributed by atoms with Crippen LogP contribution in [-0.2, 0) is 33.4 Å². The van der Waals surface area contributed by atoms with Crippen molar-refractivity contribution < 1.29 is 33.4 Å². The van der Waals surface area contributed by atoms with Gasteiger partial charge in [0.1, 0.15) is 6.10 Å². The third-order valence-electron chi connectivity index (χ3n) is 3.75. The summed E-state index contributed by atoms with van der Waals surface area (Å²) in [4.78, 5) is 46.8. The van der Waals surface area contributed by atoms with Crippen LogP contribution in [0, 0.1) is 5.92 Å². The van der Waals surface area contributed by atoms with E-state index in [2.05, 4.69) is 0 Å². The van der Waals surface area contributed by atoms with Gasteiger partial charge in [0.15, 0.2) is 11.9 Å². The zero-order valence-electron chi connectivity index (χ0n) is 16.9. The zero-order valence-corrected chi connectivity index (χ0v) is 17.7. The molecular formula is C19H30O7S. The van der Waals surface area contributed by atoms with Crippen LogP contribution in [0.1, 0.15) is 47.5 Å². The fraction of sp³-hybridized carbons (Fsp3) is 0.684. The first-order valence-corrected chi connectivity index (χ1v) is 10.2. The van der Waals surface area contributed by atoms with Crippen molar-refractivity contribution in [2.75, 3.05) is 18.6 Å². The second kappa shape index (κ2) is 12.5. The lowest BCUT2D eigenvalue weighted by Gasteiger charge is -2.23. The first-order chi connectivity index (χ1) is 12.6. The number of hydrogen-bond acceptors (Lipinski definition) is 8. The Morgan fingerprint density at radius 2 is 1.85 bits per heavy atom. The average Bonchev–Trinajstić information content (AvgIpc) is 2.60. The van der Waals surface area contributed by atoms with Crippen LogP contribution in [-0.4, -0.2) is 54.5 Å². The molecule has 0 aliphatic heterocycles. The van der Waals surface area contributed by atoms with Gasteiger partial charge in [-0.15, -0.1) is 0 Å². The van der Waals surface area contributed by atoms with Crippen molar-refractivity contribution in [3.05, 3.63) is 11.6 Å². The van der Waals surface area contributed by atoms with Crippen LogP contribution < -0.4 is 0 Å². The van der Waals surface area contributed by atoms with Crippen molar-refractivity contribution >= 4 is 36.0 Å². The van der Waals surface area contributed by atoms with E-state index in [0.717, 1.165) is 0 Å². The highest BCUT2D eigenvalue weighted by Crippen LogP contribution is 2.16. The summed E-state index contributed by atoms with van der Waals surface area (Å²) in [6.07, 6.45) is 3.41. The average molecular weight is 403 g/mol. The molecule has 0 heterocycles. The molecule has 3 unspecified atom stereocenters. The number of ether oxygens (including phenoxy) is 3. The Bertz CT molecular complexity index is 558. The Balaban J connectivity index is 4.39. The van der Waals surface area contributed by atoms with E-state index in [0.29, 0.717) is 24.0 Å². The van der Waals surface area contributed by atoms with E-state index < -0.39 is 30.1 Å². The van der Waals surface area contributed by atoms with Gasteiger partial charge in [-0.2, -0.15) is 11.8 Å². The van der Waals surface area contributed by atoms with Gasteiger partial charge in [0.05, 0.1) is 18.9 Å². The first kappa shape index (κ1) is 25.2. The van der Waals surface area contributed by atoms with Gasteiger partial charge in [0.2, 0.25) is 0 Å². The minimum atomic E-state index is -1.59. The third-order valence-corrected chi connectivity index (χ3v) is 4.58. The van der Waals surface area contributed by atoms with E-state index in [9.17, 15) is 19.2 Å². The SMILES string of the molecule is C/C=C(\C)C(=O)OC(C)(C=O)CC(=O)OCCC(C)OC(=O)C(C)CSC. The number of allylic oxidation sites excluding steroid dienone is 1. The Kier molecular flexibility index (Phi) is 11.7. The number of aldehydes is 1. The predicted molar refractivity (Wildman–Crippen MR) is 103 cm³/mol. The van der Waals surface area contributed by atoms with Crippen molar-refractivity contribution in [3.63, 3.8) is 0 Å². The molecule has 154 valence electrons. The van der Waals surface area contributed by atoms with Crippen LogP contribution >= 0.6 is 11.8 Å². The molecule has 0 aromatic carbocycles. The number of thioether (sulfide) groups is 1. The summed E-state index contributed by atoms with van der Waals surface area (Å²) in [5.41, 5.74) is -1.26. The second-order valence-electron chi connectivity index (χ2n) is 6.58. The zero-order chi connectivity index (χ0) is 21.0. The van der Waals surface area contributed by atoms with E-state index >= 15 is 0 Å². The maximum Gasteiger partial charge on any atom is 0.334 e. The molecule has 0 spiro atoms. The topological polar surface area (TPSA) is 96.0 Å². The van der Waals surface area contributed by atoms with Gasteiger partial charge in [0, 0.05) is 17.7 Å². The molecule has 0 aromatic rings. The molecule has 0 rings (SSSR count). The maximum absolute atomic E-state index is 11.9. The second-order valence-corrected chi connectivity index (χ2v) is 7.49. The standard InChI is InChI=1S/C19H30O7S/c1-7-13(2)18(23)26-19(5,12-20)10-16(21)24-9-8-15(4)25-17(22)14(3)11-27-6/h7,12,14-15H,8-11H2,1-6H3/b13-7+. The lowest BCUT2D eigenvalue weighted by molar-refractivity contribution is -0.164. The maximum atomic E-state index is 11.9. The number of hydrogen-bond donors (Lipinski definition) is 0. The lowest BCUT2D eigenvalue weighted by Crippen LogP contribution is -2.37. The monoisotopic (exact) mass is 402 g/mol. The van der Waals surface area contributed by atoms with Gasteiger partial charge >= 0.3 is 17.9 Å². The minimum Gasteiger partial charge on any atom is -0.465 e. The molecule has 0 radical (unpaired) electrons. The molecule has 0 fully saturated rings. The minimum absolute atomic E-state index is 0.0287. The summed E-state index contributed by atoms with van der Waals surface area (Å²) in [5.74, 6) is -1.16. The van der Waals surface area contributed by atoms with Crippen LogP contribution in [0.25, 0.3) is 0 Å². The van der Waals surface area contributed by atoms with E-state index in [4.69, 9.17) is 14.2 Å². The van der Waals surface area contributed by atoms with E-state index in [1.54, 1.807) is 45.5 Å². The highest BCUT2D eigenvalue weighted by atomic mass is 32.2. The number of esters is 3. The molecule has 0 aliphatic rings. The summed E-state index contributed by atoms with van der Waals surface area (Å²) < 4.78 is 15.4. The van der Waals surface area contributed by atoms with Crippen molar-refractivity contribution in [2.45, 2.75) is 59.2 Å². The summed E-state index contributed by atoms with van der Waals surface area (Å²) in [6.45, 7) is 8.10. The van der Waals surface area contributed by atoms with Crippen molar-refractivity contribution in [3.8, 4) is 0 Å². The Hall–Kier alpha value is -1.83. The molecule has 0 amide bonds. The summed E-state index contributed by atoms with van der Waals surface area (Å²) >= 11 is 1.56. The Morgan fingerprint density at radius 1 is 1.22 bits per heavy atom. The molecule has 0 aromatic heterocycles. The number of rotatable bonds is 12. The van der Waals surface area contributed by atoms with E-state index in [1.807, 2.05) is 6.26 Å². The number of carbonyl (C=O) groups is 4. The normalized spacial score (nSPS) is 15.9. The molecule has 27 heavy (non-hydrogen) atoms.